The van der Waals surface area contributed by atoms with E-state index in [1.165, 1.54) is 13.0 Å². The van der Waals surface area contributed by atoms with E-state index in [4.69, 9.17) is 9.47 Å². The molecule has 0 bridgehead atoms. The number of rotatable bonds is 6. The molecule has 0 radical (unpaired) electrons. The van der Waals surface area contributed by atoms with E-state index in [1.807, 2.05) is 30.3 Å². The summed E-state index contributed by atoms with van der Waals surface area (Å²) in [6.45, 7) is 1.65. The molecule has 4 rings (SSSR count). The number of nitro benzene ring substituents is 1. The lowest BCUT2D eigenvalue weighted by molar-refractivity contribution is -0.386. The van der Waals surface area contributed by atoms with E-state index >= 15 is 0 Å². The van der Waals surface area contributed by atoms with Crippen LogP contribution >= 0.6 is 15.9 Å². The fraction of sp³-hybridized carbons (Fsp3) is 0.130. The van der Waals surface area contributed by atoms with Crippen LogP contribution in [-0.2, 0) is 16.1 Å². The Balaban J connectivity index is 1.63. The van der Waals surface area contributed by atoms with Crippen molar-refractivity contribution in [3.05, 3.63) is 104 Å². The largest absolute Gasteiger partial charge is 0.488 e. The maximum atomic E-state index is 12.2. The van der Waals surface area contributed by atoms with Crippen molar-refractivity contribution in [1.29, 1.82) is 0 Å². The van der Waals surface area contributed by atoms with E-state index in [2.05, 4.69) is 21.0 Å². The highest BCUT2D eigenvalue weighted by Gasteiger charge is 2.37. The second-order valence-electron chi connectivity index (χ2n) is 6.97. The first-order valence-corrected chi connectivity index (χ1v) is 10.5. The zero-order valence-electron chi connectivity index (χ0n) is 17.0. The van der Waals surface area contributed by atoms with Crippen LogP contribution in [0.15, 0.2) is 82.4 Å². The molecule has 1 aliphatic heterocycles. The summed E-state index contributed by atoms with van der Waals surface area (Å²) in [5, 5.41) is 16.9. The lowest BCUT2D eigenvalue weighted by Crippen LogP contribution is -2.25. The Labute approximate surface area is 192 Å². The molecule has 1 heterocycles. The normalized spacial score (nSPS) is 15.1. The number of ether oxygens (including phenoxy) is 2. The number of hydrogen-bond acceptors (Lipinski definition) is 6. The Morgan fingerprint density at radius 3 is 2.53 bits per heavy atom. The number of nitro groups is 1. The van der Waals surface area contributed by atoms with Crippen LogP contribution in [0.4, 0.5) is 5.69 Å². The Hall–Kier alpha value is -3.72. The average Bonchev–Trinajstić information content (AvgIpc) is 3.24. The molecule has 3 aromatic carbocycles. The number of benzene rings is 3. The maximum Gasteiger partial charge on any atom is 0.278 e. The van der Waals surface area contributed by atoms with Gasteiger partial charge < -0.3 is 9.47 Å². The van der Waals surface area contributed by atoms with Gasteiger partial charge in [0.05, 0.1) is 16.1 Å². The van der Waals surface area contributed by atoms with Gasteiger partial charge in [0.25, 0.3) is 5.69 Å². The zero-order chi connectivity index (χ0) is 22.7. The molecule has 32 heavy (non-hydrogen) atoms. The van der Waals surface area contributed by atoms with Crippen molar-refractivity contribution < 1.29 is 19.2 Å². The minimum absolute atomic E-state index is 0.148. The number of halogens is 1. The van der Waals surface area contributed by atoms with Gasteiger partial charge in [-0.3, -0.25) is 14.9 Å². The SMILES string of the molecule is CC(=O)N1N=C(c2ccccc2OCc2ccc(Br)cc2)O[C@H]1c1ccccc1[N+](=O)[O-]. The van der Waals surface area contributed by atoms with Crippen LogP contribution in [-0.4, -0.2) is 21.7 Å². The lowest BCUT2D eigenvalue weighted by atomic mass is 10.1. The second-order valence-corrected chi connectivity index (χ2v) is 7.88. The van der Waals surface area contributed by atoms with Gasteiger partial charge in [-0.05, 0) is 35.9 Å². The lowest BCUT2D eigenvalue weighted by Gasteiger charge is -2.19. The van der Waals surface area contributed by atoms with Crippen molar-refractivity contribution in [2.45, 2.75) is 19.8 Å². The molecule has 1 aliphatic rings. The van der Waals surface area contributed by atoms with Gasteiger partial charge in [0.1, 0.15) is 12.4 Å². The third-order valence-corrected chi connectivity index (χ3v) is 5.32. The van der Waals surface area contributed by atoms with Crippen molar-refractivity contribution in [2.24, 2.45) is 5.10 Å². The number of carbonyl (C=O) groups excluding carboxylic acids is 1. The van der Waals surface area contributed by atoms with Crippen LogP contribution in [0.1, 0.15) is 29.8 Å². The number of nitrogens with zero attached hydrogens (tertiary/aromatic N) is 3. The molecule has 0 N–H and O–H groups in total. The summed E-state index contributed by atoms with van der Waals surface area (Å²) in [4.78, 5) is 23.2. The topological polar surface area (TPSA) is 94.3 Å². The summed E-state index contributed by atoms with van der Waals surface area (Å²) in [5.41, 5.74) is 1.59. The third-order valence-electron chi connectivity index (χ3n) is 4.79. The number of hydrazone groups is 1. The number of para-hydroxylation sites is 2. The highest BCUT2D eigenvalue weighted by molar-refractivity contribution is 9.10. The zero-order valence-corrected chi connectivity index (χ0v) is 18.6. The van der Waals surface area contributed by atoms with Crippen LogP contribution in [0.25, 0.3) is 0 Å². The van der Waals surface area contributed by atoms with Crippen molar-refractivity contribution in [3.8, 4) is 5.75 Å². The van der Waals surface area contributed by atoms with Gasteiger partial charge in [0.2, 0.25) is 18.0 Å². The Morgan fingerprint density at radius 2 is 1.81 bits per heavy atom. The van der Waals surface area contributed by atoms with Crippen molar-refractivity contribution >= 4 is 33.4 Å². The second kappa shape index (κ2) is 9.19. The number of carbonyl (C=O) groups is 1. The van der Waals surface area contributed by atoms with Crippen LogP contribution < -0.4 is 4.74 Å². The van der Waals surface area contributed by atoms with E-state index in [-0.39, 0.29) is 17.1 Å². The predicted octanol–water partition coefficient (Wildman–Crippen LogP) is 5.18. The number of hydrogen-bond donors (Lipinski definition) is 0. The van der Waals surface area contributed by atoms with E-state index < -0.39 is 17.1 Å². The van der Waals surface area contributed by atoms with Gasteiger partial charge in [-0.1, -0.05) is 52.3 Å². The van der Waals surface area contributed by atoms with Crippen molar-refractivity contribution in [2.75, 3.05) is 0 Å². The minimum Gasteiger partial charge on any atom is -0.488 e. The Kier molecular flexibility index (Phi) is 6.18. The smallest absolute Gasteiger partial charge is 0.278 e. The molecule has 0 aromatic heterocycles. The summed E-state index contributed by atoms with van der Waals surface area (Å²) >= 11 is 3.41. The summed E-state index contributed by atoms with van der Waals surface area (Å²) in [7, 11) is 0. The number of amides is 1. The predicted molar refractivity (Wildman–Crippen MR) is 121 cm³/mol. The summed E-state index contributed by atoms with van der Waals surface area (Å²) in [5.74, 6) is 0.257. The maximum absolute atomic E-state index is 12.2. The molecule has 162 valence electrons. The van der Waals surface area contributed by atoms with E-state index in [9.17, 15) is 14.9 Å². The van der Waals surface area contributed by atoms with Crippen molar-refractivity contribution in [3.63, 3.8) is 0 Å². The summed E-state index contributed by atoms with van der Waals surface area (Å²) in [6.07, 6.45) is -1.05. The van der Waals surface area contributed by atoms with E-state index in [0.717, 1.165) is 15.0 Å². The molecule has 0 spiro atoms. The van der Waals surface area contributed by atoms with Crippen LogP contribution in [0, 0.1) is 10.1 Å². The first kappa shape index (κ1) is 21.5. The van der Waals surface area contributed by atoms with Gasteiger partial charge in [-0.15, -0.1) is 5.10 Å². The van der Waals surface area contributed by atoms with Gasteiger partial charge >= 0.3 is 0 Å². The first-order valence-electron chi connectivity index (χ1n) is 9.69. The Morgan fingerprint density at radius 1 is 1.12 bits per heavy atom. The molecule has 0 saturated heterocycles. The van der Waals surface area contributed by atoms with E-state index in [0.29, 0.717) is 17.9 Å². The Bertz CT molecular complexity index is 1200. The molecule has 0 saturated carbocycles. The molecule has 8 nitrogen and oxygen atoms in total. The fourth-order valence-electron chi connectivity index (χ4n) is 3.25. The van der Waals surface area contributed by atoms with Gasteiger partial charge in [-0.2, -0.15) is 5.01 Å². The molecule has 9 heteroatoms. The highest BCUT2D eigenvalue weighted by Crippen LogP contribution is 2.36. The molecule has 1 atom stereocenters. The molecular formula is C23H18BrN3O5. The van der Waals surface area contributed by atoms with Crippen LogP contribution in [0.3, 0.4) is 0 Å². The molecule has 0 unspecified atom stereocenters. The summed E-state index contributed by atoms with van der Waals surface area (Å²) < 4.78 is 12.9. The minimum atomic E-state index is -1.05. The monoisotopic (exact) mass is 495 g/mol. The third kappa shape index (κ3) is 4.47. The van der Waals surface area contributed by atoms with Crippen LogP contribution in [0.2, 0.25) is 0 Å². The standard InChI is InChI=1S/C23H18BrN3O5/c1-15(28)26-23(18-6-2-4-8-20(18)27(29)30)32-22(25-26)19-7-3-5-9-21(19)31-14-16-10-12-17(24)13-11-16/h2-13,23H,14H2,1H3/t23-/m0/s1. The highest BCUT2D eigenvalue weighted by atomic mass is 79.9. The summed E-state index contributed by atoms with van der Waals surface area (Å²) in [6, 6.07) is 21.0. The average molecular weight is 496 g/mol. The molecule has 3 aromatic rings. The molecule has 1 amide bonds. The first-order chi connectivity index (χ1) is 15.4. The van der Waals surface area contributed by atoms with Gasteiger partial charge in [0.15, 0.2) is 0 Å². The fourth-order valence-corrected chi connectivity index (χ4v) is 3.52. The van der Waals surface area contributed by atoms with Gasteiger partial charge in [0, 0.05) is 17.5 Å². The molecular weight excluding hydrogens is 478 g/mol. The van der Waals surface area contributed by atoms with Crippen LogP contribution in [0.5, 0.6) is 5.75 Å². The molecule has 0 aliphatic carbocycles. The van der Waals surface area contributed by atoms with Crippen molar-refractivity contribution in [1.82, 2.24) is 5.01 Å². The van der Waals surface area contributed by atoms with Gasteiger partial charge in [-0.25, -0.2) is 0 Å². The molecule has 0 fully saturated rings. The van der Waals surface area contributed by atoms with E-state index in [1.54, 1.807) is 36.4 Å². The quantitative estimate of drug-likeness (QED) is 0.347.